The van der Waals surface area contributed by atoms with Gasteiger partial charge in [-0.2, -0.15) is 0 Å². The number of rotatable bonds is 44. The summed E-state index contributed by atoms with van der Waals surface area (Å²) >= 11 is 0. The second kappa shape index (κ2) is 49.2. The van der Waals surface area contributed by atoms with Crippen LogP contribution in [0.4, 0.5) is 0 Å². The van der Waals surface area contributed by atoms with E-state index in [-0.39, 0.29) is 37.5 Å². The molecule has 0 saturated carbocycles. The second-order valence-electron chi connectivity index (χ2n) is 16.3. The molecule has 0 bridgehead atoms. The van der Waals surface area contributed by atoms with Gasteiger partial charge in [-0.1, -0.05) is 189 Å². The maximum absolute atomic E-state index is 12.8. The lowest BCUT2D eigenvalue weighted by molar-refractivity contribution is -0.167. The summed E-state index contributed by atoms with van der Waals surface area (Å²) in [5.41, 5.74) is 0. The first-order chi connectivity index (χ1) is 30.0. The number of carbonyl (C=O) groups is 3. The molecule has 0 heterocycles. The molecule has 0 fully saturated rings. The molecule has 0 unspecified atom stereocenters. The fraction of sp³-hybridized carbons (Fsp3) is 0.691. The fourth-order valence-corrected chi connectivity index (χ4v) is 6.57. The Hall–Kier alpha value is -3.41. The van der Waals surface area contributed by atoms with E-state index in [1.807, 2.05) is 0 Å². The molecule has 0 aliphatic carbocycles. The third-order valence-electron chi connectivity index (χ3n) is 10.4. The van der Waals surface area contributed by atoms with Gasteiger partial charge in [0.05, 0.1) is 0 Å². The third kappa shape index (κ3) is 47.5. The number of esters is 3. The molecule has 6 nitrogen and oxygen atoms in total. The first kappa shape index (κ1) is 57.6. The van der Waals surface area contributed by atoms with E-state index >= 15 is 0 Å². The predicted octanol–water partition coefficient (Wildman–Crippen LogP) is 16.4. The molecule has 1 atom stereocenters. The van der Waals surface area contributed by atoms with Crippen LogP contribution in [0.1, 0.15) is 226 Å². The van der Waals surface area contributed by atoms with Crippen LogP contribution in [-0.2, 0) is 28.6 Å². The van der Waals surface area contributed by atoms with Crippen LogP contribution in [0.3, 0.4) is 0 Å². The molecule has 0 rings (SSSR count). The van der Waals surface area contributed by atoms with Gasteiger partial charge in [-0.15, -0.1) is 0 Å². The van der Waals surface area contributed by atoms with Crippen LogP contribution in [0.15, 0.2) is 85.1 Å². The van der Waals surface area contributed by atoms with Crippen LogP contribution in [0.25, 0.3) is 0 Å². The van der Waals surface area contributed by atoms with Gasteiger partial charge in [0.1, 0.15) is 13.2 Å². The Labute approximate surface area is 375 Å². The minimum absolute atomic E-state index is 0.107. The van der Waals surface area contributed by atoms with Crippen LogP contribution in [0, 0.1) is 0 Å². The van der Waals surface area contributed by atoms with E-state index < -0.39 is 6.10 Å². The Morgan fingerprint density at radius 2 is 0.672 bits per heavy atom. The first-order valence-electron chi connectivity index (χ1n) is 25.1. The van der Waals surface area contributed by atoms with Crippen molar-refractivity contribution in [3.63, 3.8) is 0 Å². The van der Waals surface area contributed by atoms with E-state index in [4.69, 9.17) is 14.2 Å². The third-order valence-corrected chi connectivity index (χ3v) is 10.4. The van der Waals surface area contributed by atoms with E-state index in [0.717, 1.165) is 109 Å². The van der Waals surface area contributed by atoms with Crippen molar-refractivity contribution >= 4 is 17.9 Å². The lowest BCUT2D eigenvalue weighted by atomic mass is 10.1. The molecular weight excluding hydrogens is 757 g/mol. The minimum Gasteiger partial charge on any atom is -0.462 e. The molecule has 0 saturated heterocycles. The van der Waals surface area contributed by atoms with Crippen molar-refractivity contribution in [2.45, 2.75) is 232 Å². The summed E-state index contributed by atoms with van der Waals surface area (Å²) in [4.78, 5) is 37.9. The Balaban J connectivity index is 4.50. The van der Waals surface area contributed by atoms with Crippen molar-refractivity contribution in [2.24, 2.45) is 0 Å². The molecule has 348 valence electrons. The fourth-order valence-electron chi connectivity index (χ4n) is 6.57. The van der Waals surface area contributed by atoms with Crippen LogP contribution < -0.4 is 0 Å². The van der Waals surface area contributed by atoms with Gasteiger partial charge in [0.2, 0.25) is 0 Å². The van der Waals surface area contributed by atoms with E-state index in [2.05, 4.69) is 106 Å². The topological polar surface area (TPSA) is 78.9 Å². The molecule has 0 aromatic carbocycles. The highest BCUT2D eigenvalue weighted by Gasteiger charge is 2.19. The standard InChI is InChI=1S/C55H92O6/c1-4-7-10-13-16-19-22-24-26-27-29-31-34-37-40-43-46-49-55(58)61-52(50-59-53(56)47-44-41-38-35-32-21-18-15-12-9-6-3)51-60-54(57)48-45-42-39-36-33-30-28-25-23-20-17-14-11-8-5-2/h8,11,15,17-18,20,24-26,28-29,31,37,40,52H,4-7,9-10,12-14,16,19,21-23,27,30,32-36,38-39,41-51H2,1-3H3/b11-8-,18-15-,20-17-,26-24-,28-25-,31-29-,40-37-/t52-/m0/s1. The average molecular weight is 849 g/mol. The Morgan fingerprint density at radius 1 is 0.344 bits per heavy atom. The van der Waals surface area contributed by atoms with Crippen LogP contribution in [0.2, 0.25) is 0 Å². The SMILES string of the molecule is CC/C=C\C/C=C\C/C=C\CCCCCCCC(=O)OC[C@H](COC(=O)CCCCCCC/C=C\CCCC)OC(=O)CCC/C=C\C/C=C\C/C=C\CCCCCCCC. The largest absolute Gasteiger partial charge is 0.462 e. The summed E-state index contributed by atoms with van der Waals surface area (Å²) in [7, 11) is 0. The molecule has 0 amide bonds. The first-order valence-corrected chi connectivity index (χ1v) is 25.1. The van der Waals surface area contributed by atoms with Gasteiger partial charge in [0.25, 0.3) is 0 Å². The van der Waals surface area contributed by atoms with Crippen molar-refractivity contribution in [2.75, 3.05) is 13.2 Å². The summed E-state index contributed by atoms with van der Waals surface area (Å²) < 4.78 is 16.7. The summed E-state index contributed by atoms with van der Waals surface area (Å²) in [6, 6.07) is 0. The van der Waals surface area contributed by atoms with Crippen LogP contribution in [0.5, 0.6) is 0 Å². The minimum atomic E-state index is -0.812. The molecule has 0 aromatic heterocycles. The second-order valence-corrected chi connectivity index (χ2v) is 16.3. The van der Waals surface area contributed by atoms with Gasteiger partial charge in [0, 0.05) is 19.3 Å². The van der Waals surface area contributed by atoms with Crippen molar-refractivity contribution < 1.29 is 28.6 Å². The zero-order valence-corrected chi connectivity index (χ0v) is 39.7. The number of carbonyl (C=O) groups excluding carboxylic acids is 3. The molecule has 0 aliphatic heterocycles. The Kier molecular flexibility index (Phi) is 46.5. The number of ether oxygens (including phenoxy) is 3. The van der Waals surface area contributed by atoms with Gasteiger partial charge >= 0.3 is 17.9 Å². The molecule has 0 radical (unpaired) electrons. The average Bonchev–Trinajstić information content (AvgIpc) is 3.26. The highest BCUT2D eigenvalue weighted by molar-refractivity contribution is 5.71. The number of unbranched alkanes of at least 4 members (excludes halogenated alkanes) is 19. The van der Waals surface area contributed by atoms with Gasteiger partial charge in [-0.05, 0) is 103 Å². The van der Waals surface area contributed by atoms with Crippen LogP contribution in [-0.4, -0.2) is 37.2 Å². The van der Waals surface area contributed by atoms with Crippen molar-refractivity contribution in [3.05, 3.63) is 85.1 Å². The molecule has 6 heteroatoms. The lowest BCUT2D eigenvalue weighted by Gasteiger charge is -2.18. The predicted molar refractivity (Wildman–Crippen MR) is 261 cm³/mol. The zero-order valence-electron chi connectivity index (χ0n) is 39.7. The molecule has 0 N–H and O–H groups in total. The summed E-state index contributed by atoms with van der Waals surface area (Å²) in [5.74, 6) is -0.990. The van der Waals surface area contributed by atoms with E-state index in [1.165, 1.54) is 70.6 Å². The van der Waals surface area contributed by atoms with Gasteiger partial charge in [-0.25, -0.2) is 0 Å². The summed E-state index contributed by atoms with van der Waals surface area (Å²) in [5, 5.41) is 0. The van der Waals surface area contributed by atoms with Crippen molar-refractivity contribution in [3.8, 4) is 0 Å². The van der Waals surface area contributed by atoms with Gasteiger partial charge < -0.3 is 14.2 Å². The van der Waals surface area contributed by atoms with Crippen LogP contribution >= 0.6 is 0 Å². The molecule has 0 aromatic rings. The molecule has 0 spiro atoms. The lowest BCUT2D eigenvalue weighted by Crippen LogP contribution is -2.30. The molecular formula is C55H92O6. The van der Waals surface area contributed by atoms with E-state index in [1.54, 1.807) is 0 Å². The molecule has 61 heavy (non-hydrogen) atoms. The number of allylic oxidation sites excluding steroid dienone is 14. The maximum Gasteiger partial charge on any atom is 0.306 e. The normalized spacial score (nSPS) is 12.8. The number of hydrogen-bond acceptors (Lipinski definition) is 6. The van der Waals surface area contributed by atoms with E-state index in [0.29, 0.717) is 19.3 Å². The van der Waals surface area contributed by atoms with Crippen molar-refractivity contribution in [1.29, 1.82) is 0 Å². The van der Waals surface area contributed by atoms with Gasteiger partial charge in [-0.3, -0.25) is 14.4 Å². The number of hydrogen-bond donors (Lipinski definition) is 0. The van der Waals surface area contributed by atoms with Crippen molar-refractivity contribution in [1.82, 2.24) is 0 Å². The zero-order chi connectivity index (χ0) is 44.4. The quantitative estimate of drug-likeness (QED) is 0.0263. The van der Waals surface area contributed by atoms with Gasteiger partial charge in [0.15, 0.2) is 6.10 Å². The Bertz CT molecular complexity index is 1200. The highest BCUT2D eigenvalue weighted by Crippen LogP contribution is 2.12. The summed E-state index contributed by atoms with van der Waals surface area (Å²) in [6.45, 7) is 6.40. The smallest absolute Gasteiger partial charge is 0.306 e. The summed E-state index contributed by atoms with van der Waals surface area (Å²) in [6.07, 6.45) is 62.9. The highest BCUT2D eigenvalue weighted by atomic mass is 16.6. The monoisotopic (exact) mass is 849 g/mol. The van der Waals surface area contributed by atoms with E-state index in [9.17, 15) is 14.4 Å². The molecule has 0 aliphatic rings. The maximum atomic E-state index is 12.8. The Morgan fingerprint density at radius 3 is 1.11 bits per heavy atom.